The lowest BCUT2D eigenvalue weighted by molar-refractivity contribution is -0.281. The van der Waals surface area contributed by atoms with Crippen molar-refractivity contribution >= 4 is 10.9 Å². The standard InChI is InChI=1S/C35H51NO5/c1-5-9-20-38-32-31(25-37)41-35(34(40-22-11-7-3)33(32)39-21-10-6-2)36-24-28(29-14-12-13-15-30(29)36)23-27-18-16-26(8-4)17-19-27/h12-19,24,31-35,37H,5-11,20-23,25H2,1-4H3/t31-,32-,33+,34-,35?/m1/s1. The van der Waals surface area contributed by atoms with Crippen molar-refractivity contribution in [1.82, 2.24) is 4.57 Å². The van der Waals surface area contributed by atoms with Crippen molar-refractivity contribution in [3.8, 4) is 0 Å². The average Bonchev–Trinajstić information content (AvgIpc) is 3.36. The topological polar surface area (TPSA) is 62.1 Å². The number of unbranched alkanes of at least 4 members (excludes halogenated alkanes) is 3. The molecule has 226 valence electrons. The molecule has 1 aliphatic heterocycles. The molecule has 0 bridgehead atoms. The third-order valence-electron chi connectivity index (χ3n) is 8.14. The van der Waals surface area contributed by atoms with E-state index in [1.165, 1.54) is 22.1 Å². The van der Waals surface area contributed by atoms with Crippen LogP contribution in [0.5, 0.6) is 0 Å². The Morgan fingerprint density at radius 3 is 1.93 bits per heavy atom. The summed E-state index contributed by atoms with van der Waals surface area (Å²) in [5.74, 6) is 0. The lowest BCUT2D eigenvalue weighted by atomic mass is 9.97. The Labute approximate surface area is 246 Å². The van der Waals surface area contributed by atoms with Crippen molar-refractivity contribution in [3.63, 3.8) is 0 Å². The molecule has 1 fully saturated rings. The van der Waals surface area contributed by atoms with Gasteiger partial charge in [0.05, 0.1) is 12.1 Å². The fraction of sp³-hybridized carbons (Fsp3) is 0.600. The van der Waals surface area contributed by atoms with Crippen LogP contribution in [0.15, 0.2) is 54.7 Å². The van der Waals surface area contributed by atoms with Gasteiger partial charge >= 0.3 is 0 Å². The predicted molar refractivity (Wildman–Crippen MR) is 166 cm³/mol. The number of hydrogen-bond donors (Lipinski definition) is 1. The van der Waals surface area contributed by atoms with Gasteiger partial charge in [0, 0.05) is 31.4 Å². The molecule has 1 N–H and O–H groups in total. The van der Waals surface area contributed by atoms with E-state index in [1.807, 2.05) is 0 Å². The van der Waals surface area contributed by atoms with Crippen molar-refractivity contribution < 1.29 is 24.1 Å². The van der Waals surface area contributed by atoms with Gasteiger partial charge < -0.3 is 28.6 Å². The number of ether oxygens (including phenoxy) is 4. The Bertz CT molecular complexity index is 1160. The summed E-state index contributed by atoms with van der Waals surface area (Å²) in [6, 6.07) is 17.4. The first-order valence-corrected chi connectivity index (χ1v) is 15.9. The maximum Gasteiger partial charge on any atom is 0.163 e. The number of rotatable bonds is 17. The molecule has 6 heteroatoms. The zero-order valence-corrected chi connectivity index (χ0v) is 25.6. The summed E-state index contributed by atoms with van der Waals surface area (Å²) in [5, 5.41) is 11.7. The van der Waals surface area contributed by atoms with Gasteiger partial charge in [-0.2, -0.15) is 0 Å². The van der Waals surface area contributed by atoms with Crippen LogP contribution in [0.2, 0.25) is 0 Å². The summed E-state index contributed by atoms with van der Waals surface area (Å²) >= 11 is 0. The van der Waals surface area contributed by atoms with Gasteiger partial charge in [0.25, 0.3) is 0 Å². The van der Waals surface area contributed by atoms with E-state index in [1.54, 1.807) is 0 Å². The first kappa shape index (κ1) is 31.7. The Balaban J connectivity index is 1.73. The van der Waals surface area contributed by atoms with Gasteiger partial charge in [-0.25, -0.2) is 0 Å². The van der Waals surface area contributed by atoms with Crippen molar-refractivity contribution in [2.24, 2.45) is 0 Å². The smallest absolute Gasteiger partial charge is 0.163 e. The minimum Gasteiger partial charge on any atom is -0.394 e. The van der Waals surface area contributed by atoms with Crippen LogP contribution in [0, 0.1) is 0 Å². The molecule has 6 nitrogen and oxygen atoms in total. The van der Waals surface area contributed by atoms with Crippen LogP contribution in [0.3, 0.4) is 0 Å². The van der Waals surface area contributed by atoms with E-state index in [9.17, 15) is 5.11 Å². The van der Waals surface area contributed by atoms with Crippen LogP contribution < -0.4 is 0 Å². The normalized spacial score (nSPS) is 22.9. The molecule has 0 radical (unpaired) electrons. The highest BCUT2D eigenvalue weighted by Crippen LogP contribution is 2.38. The average molecular weight is 566 g/mol. The summed E-state index contributed by atoms with van der Waals surface area (Å²) in [4.78, 5) is 0. The van der Waals surface area contributed by atoms with Crippen LogP contribution in [0.25, 0.3) is 10.9 Å². The quantitative estimate of drug-likeness (QED) is 0.175. The minimum absolute atomic E-state index is 0.140. The van der Waals surface area contributed by atoms with E-state index in [2.05, 4.69) is 87.0 Å². The lowest BCUT2D eigenvalue weighted by Gasteiger charge is -2.46. The summed E-state index contributed by atoms with van der Waals surface area (Å²) in [6.45, 7) is 10.4. The van der Waals surface area contributed by atoms with E-state index in [-0.39, 0.29) is 18.8 Å². The molecule has 0 aliphatic carbocycles. The van der Waals surface area contributed by atoms with E-state index >= 15 is 0 Å². The molecule has 0 amide bonds. The zero-order valence-electron chi connectivity index (χ0n) is 25.6. The second-order valence-electron chi connectivity index (χ2n) is 11.2. The maximum atomic E-state index is 10.5. The number of para-hydroxylation sites is 1. The van der Waals surface area contributed by atoms with Gasteiger partial charge in [-0.3, -0.25) is 0 Å². The molecular weight excluding hydrogens is 514 g/mol. The first-order valence-electron chi connectivity index (χ1n) is 15.9. The van der Waals surface area contributed by atoms with E-state index < -0.39 is 18.4 Å². The molecule has 5 atom stereocenters. The second kappa shape index (κ2) is 16.4. The molecule has 1 aliphatic rings. The number of aryl methyl sites for hydroxylation is 1. The van der Waals surface area contributed by atoms with Gasteiger partial charge in [0.1, 0.15) is 24.4 Å². The Morgan fingerprint density at radius 1 is 0.732 bits per heavy atom. The van der Waals surface area contributed by atoms with Crippen molar-refractivity contribution in [1.29, 1.82) is 0 Å². The zero-order chi connectivity index (χ0) is 29.0. The Morgan fingerprint density at radius 2 is 1.32 bits per heavy atom. The van der Waals surface area contributed by atoms with Gasteiger partial charge in [0.2, 0.25) is 0 Å². The number of hydrogen-bond acceptors (Lipinski definition) is 5. The number of fused-ring (bicyclic) bond motifs is 1. The van der Waals surface area contributed by atoms with Gasteiger partial charge in [0.15, 0.2) is 6.23 Å². The molecule has 1 saturated heterocycles. The van der Waals surface area contributed by atoms with Crippen LogP contribution >= 0.6 is 0 Å². The minimum atomic E-state index is -0.513. The largest absolute Gasteiger partial charge is 0.394 e. The first-order chi connectivity index (χ1) is 20.1. The van der Waals surface area contributed by atoms with Gasteiger partial charge in [-0.1, -0.05) is 89.4 Å². The molecule has 2 heterocycles. The van der Waals surface area contributed by atoms with E-state index in [0.717, 1.165) is 56.9 Å². The molecule has 4 rings (SSSR count). The molecule has 1 unspecified atom stereocenters. The number of aliphatic hydroxyl groups excluding tert-OH is 1. The summed E-state index contributed by atoms with van der Waals surface area (Å²) in [5.41, 5.74) is 4.96. The van der Waals surface area contributed by atoms with Crippen molar-refractivity contribution in [2.45, 2.75) is 110 Å². The molecule has 2 aromatic carbocycles. The predicted octanol–water partition coefficient (Wildman–Crippen LogP) is 7.24. The molecular formula is C35H51NO5. The summed E-state index contributed by atoms with van der Waals surface area (Å²) in [7, 11) is 0. The second-order valence-corrected chi connectivity index (χ2v) is 11.2. The monoisotopic (exact) mass is 565 g/mol. The van der Waals surface area contributed by atoms with Crippen molar-refractivity contribution in [3.05, 3.63) is 71.4 Å². The highest BCUT2D eigenvalue weighted by atomic mass is 16.6. The SMILES string of the molecule is CCCCO[C@H]1[C@H](OCCCC)[C@@H](OCCCC)C(n2cc(Cc3ccc(CC)cc3)c3ccccc32)O[C@@H]1CO. The summed E-state index contributed by atoms with van der Waals surface area (Å²) < 4.78 is 28.5. The van der Waals surface area contributed by atoms with Gasteiger partial charge in [-0.15, -0.1) is 0 Å². The highest BCUT2D eigenvalue weighted by molar-refractivity contribution is 5.84. The number of aliphatic hydroxyl groups is 1. The number of aromatic nitrogens is 1. The van der Waals surface area contributed by atoms with Gasteiger partial charge in [-0.05, 0) is 54.9 Å². The molecule has 0 saturated carbocycles. The fourth-order valence-electron chi connectivity index (χ4n) is 5.67. The van der Waals surface area contributed by atoms with E-state index in [4.69, 9.17) is 18.9 Å². The van der Waals surface area contributed by atoms with Crippen LogP contribution in [-0.2, 0) is 31.8 Å². The fourth-order valence-corrected chi connectivity index (χ4v) is 5.67. The molecule has 3 aromatic rings. The number of nitrogens with zero attached hydrogens (tertiary/aromatic N) is 1. The third-order valence-corrected chi connectivity index (χ3v) is 8.14. The van der Waals surface area contributed by atoms with Crippen LogP contribution in [-0.4, -0.2) is 60.5 Å². The molecule has 41 heavy (non-hydrogen) atoms. The lowest BCUT2D eigenvalue weighted by Crippen LogP contribution is -2.59. The van der Waals surface area contributed by atoms with E-state index in [0.29, 0.717) is 19.8 Å². The Hall–Kier alpha value is -2.22. The highest BCUT2D eigenvalue weighted by Gasteiger charge is 2.49. The molecule has 0 spiro atoms. The molecule has 1 aromatic heterocycles. The van der Waals surface area contributed by atoms with Crippen LogP contribution in [0.4, 0.5) is 0 Å². The maximum absolute atomic E-state index is 10.5. The van der Waals surface area contributed by atoms with Crippen LogP contribution in [0.1, 0.15) is 89.1 Å². The number of benzene rings is 2. The summed E-state index contributed by atoms with van der Waals surface area (Å²) in [6.07, 6.45) is 7.99. The van der Waals surface area contributed by atoms with Crippen molar-refractivity contribution in [2.75, 3.05) is 26.4 Å². The Kier molecular flexibility index (Phi) is 12.7. The third kappa shape index (κ3) is 7.99.